The Balaban J connectivity index is 3.08. The molecule has 1 rings (SSSR count). The van der Waals surface area contributed by atoms with E-state index in [-0.39, 0.29) is 6.54 Å². The molecule has 0 bridgehead atoms. The highest BCUT2D eigenvalue weighted by Gasteiger charge is 2.55. The Bertz CT molecular complexity index is 417. The molecule has 0 saturated carbocycles. The van der Waals surface area contributed by atoms with Gasteiger partial charge < -0.3 is 10.6 Å². The summed E-state index contributed by atoms with van der Waals surface area (Å²) in [6.07, 6.45) is -2.01. The monoisotopic (exact) mass is 261 g/mol. The van der Waals surface area contributed by atoms with E-state index in [4.69, 9.17) is 5.73 Å². The van der Waals surface area contributed by atoms with Crippen molar-refractivity contribution in [2.24, 2.45) is 5.73 Å². The number of aromatic nitrogens is 1. The number of rotatable bonds is 3. The predicted molar refractivity (Wildman–Crippen MR) is 60.9 cm³/mol. The summed E-state index contributed by atoms with van der Waals surface area (Å²) in [6.45, 7) is 2.33. The van der Waals surface area contributed by atoms with Gasteiger partial charge in [0.05, 0.1) is 0 Å². The van der Waals surface area contributed by atoms with Gasteiger partial charge in [-0.05, 0) is 26.0 Å². The van der Waals surface area contributed by atoms with Crippen LogP contribution >= 0.6 is 0 Å². The third kappa shape index (κ3) is 2.61. The van der Waals surface area contributed by atoms with Crippen LogP contribution in [-0.2, 0) is 4.79 Å². The van der Waals surface area contributed by atoms with Crippen molar-refractivity contribution in [3.63, 3.8) is 0 Å². The van der Waals surface area contributed by atoms with Crippen LogP contribution in [0.4, 0.5) is 18.9 Å². The fourth-order valence-corrected chi connectivity index (χ4v) is 1.37. The summed E-state index contributed by atoms with van der Waals surface area (Å²) < 4.78 is 38.1. The van der Waals surface area contributed by atoms with Crippen LogP contribution in [0.25, 0.3) is 0 Å². The van der Waals surface area contributed by atoms with E-state index in [2.05, 4.69) is 4.98 Å². The molecular formula is C11H14F3N3O. The Labute approximate surface area is 103 Å². The van der Waals surface area contributed by atoms with Crippen LogP contribution in [-0.4, -0.2) is 29.2 Å². The molecule has 0 fully saturated rings. The molecule has 18 heavy (non-hydrogen) atoms. The minimum Gasteiger partial charge on any atom is -0.311 e. The van der Waals surface area contributed by atoms with Gasteiger partial charge in [-0.2, -0.15) is 13.2 Å². The highest BCUT2D eigenvalue weighted by Crippen LogP contribution is 2.30. The summed E-state index contributed by atoms with van der Waals surface area (Å²) in [4.78, 5) is 16.6. The first kappa shape index (κ1) is 14.4. The van der Waals surface area contributed by atoms with Gasteiger partial charge in [0.15, 0.2) is 5.54 Å². The highest BCUT2D eigenvalue weighted by molar-refractivity contribution is 6.00. The summed E-state index contributed by atoms with van der Waals surface area (Å²) in [5, 5.41) is 0. The number of carbonyl (C=O) groups excluding carboxylic acids is 1. The van der Waals surface area contributed by atoms with Gasteiger partial charge in [-0.3, -0.25) is 9.78 Å². The van der Waals surface area contributed by atoms with Crippen molar-refractivity contribution in [1.82, 2.24) is 4.98 Å². The minimum absolute atomic E-state index is 0.0890. The normalized spacial score (nSPS) is 15.0. The molecule has 0 aliphatic heterocycles. The first-order valence-corrected chi connectivity index (χ1v) is 5.29. The molecule has 1 aromatic heterocycles. The standard InChI is InChI=1S/C11H14F3N3O/c1-3-17(8-4-6-16-7-5-8)9(18)10(2,15)11(12,13)14/h4-7H,3,15H2,1-2H3. The first-order chi connectivity index (χ1) is 8.21. The summed E-state index contributed by atoms with van der Waals surface area (Å²) in [7, 11) is 0. The minimum atomic E-state index is -4.80. The number of hydrogen-bond donors (Lipinski definition) is 1. The molecule has 1 aromatic rings. The van der Waals surface area contributed by atoms with Crippen LogP contribution in [0.3, 0.4) is 0 Å². The zero-order valence-electron chi connectivity index (χ0n) is 10.0. The van der Waals surface area contributed by atoms with Gasteiger partial charge in [-0.15, -0.1) is 0 Å². The van der Waals surface area contributed by atoms with E-state index < -0.39 is 17.6 Å². The number of hydrogen-bond acceptors (Lipinski definition) is 3. The summed E-state index contributed by atoms with van der Waals surface area (Å²) >= 11 is 0. The van der Waals surface area contributed by atoms with E-state index >= 15 is 0 Å². The predicted octanol–water partition coefficient (Wildman–Crippen LogP) is 1.71. The molecular weight excluding hydrogens is 247 g/mol. The molecule has 0 saturated heterocycles. The number of amides is 1. The molecule has 4 nitrogen and oxygen atoms in total. The zero-order chi connectivity index (χ0) is 14.0. The number of pyridine rings is 1. The molecule has 0 aliphatic carbocycles. The van der Waals surface area contributed by atoms with Crippen molar-refractivity contribution < 1.29 is 18.0 Å². The van der Waals surface area contributed by atoms with E-state index in [1.54, 1.807) is 6.92 Å². The number of nitrogens with zero attached hydrogens (tertiary/aromatic N) is 2. The zero-order valence-corrected chi connectivity index (χ0v) is 10.0. The second-order valence-electron chi connectivity index (χ2n) is 3.95. The summed E-state index contributed by atoms with van der Waals surface area (Å²) in [5.74, 6) is -1.19. The number of anilines is 1. The van der Waals surface area contributed by atoms with Crippen molar-refractivity contribution in [2.75, 3.05) is 11.4 Å². The molecule has 0 spiro atoms. The fraction of sp³-hybridized carbons (Fsp3) is 0.455. The number of halogens is 3. The highest BCUT2D eigenvalue weighted by atomic mass is 19.4. The fourth-order valence-electron chi connectivity index (χ4n) is 1.37. The third-order valence-electron chi connectivity index (χ3n) is 2.57. The molecule has 1 atom stereocenters. The van der Waals surface area contributed by atoms with Crippen LogP contribution < -0.4 is 10.6 Å². The number of alkyl halides is 3. The second-order valence-corrected chi connectivity index (χ2v) is 3.95. The Kier molecular flexibility index (Phi) is 3.95. The van der Waals surface area contributed by atoms with E-state index in [0.717, 1.165) is 4.90 Å². The molecule has 1 heterocycles. The summed E-state index contributed by atoms with van der Waals surface area (Å²) in [5.41, 5.74) is 2.54. The summed E-state index contributed by atoms with van der Waals surface area (Å²) in [6, 6.07) is 2.90. The lowest BCUT2D eigenvalue weighted by Gasteiger charge is -2.32. The molecule has 2 N–H and O–H groups in total. The van der Waals surface area contributed by atoms with Crippen LogP contribution in [0, 0.1) is 0 Å². The van der Waals surface area contributed by atoms with Crippen molar-refractivity contribution in [3.05, 3.63) is 24.5 Å². The molecule has 1 unspecified atom stereocenters. The number of likely N-dealkylation sites (N-methyl/N-ethyl adjacent to an activating group) is 1. The second kappa shape index (κ2) is 4.93. The average Bonchev–Trinajstić information content (AvgIpc) is 2.29. The lowest BCUT2D eigenvalue weighted by Crippen LogP contribution is -2.62. The average molecular weight is 261 g/mol. The van der Waals surface area contributed by atoms with Crippen molar-refractivity contribution in [2.45, 2.75) is 25.6 Å². The Hall–Kier alpha value is -1.63. The van der Waals surface area contributed by atoms with Gasteiger partial charge in [0, 0.05) is 24.6 Å². The molecule has 0 aliphatic rings. The van der Waals surface area contributed by atoms with Crippen LogP contribution in [0.1, 0.15) is 13.8 Å². The smallest absolute Gasteiger partial charge is 0.311 e. The SMILES string of the molecule is CCN(C(=O)C(C)(N)C(F)(F)F)c1ccncc1. The Morgan fingerprint density at radius 2 is 1.89 bits per heavy atom. The maximum absolute atomic E-state index is 12.7. The maximum atomic E-state index is 12.7. The van der Waals surface area contributed by atoms with Crippen molar-refractivity contribution in [1.29, 1.82) is 0 Å². The Morgan fingerprint density at radius 1 is 1.39 bits per heavy atom. The molecule has 100 valence electrons. The first-order valence-electron chi connectivity index (χ1n) is 5.29. The van der Waals surface area contributed by atoms with Gasteiger partial charge in [0.25, 0.3) is 5.91 Å². The van der Waals surface area contributed by atoms with E-state index in [0.29, 0.717) is 12.6 Å². The van der Waals surface area contributed by atoms with Gasteiger partial charge in [-0.25, -0.2) is 0 Å². The van der Waals surface area contributed by atoms with Gasteiger partial charge >= 0.3 is 6.18 Å². The van der Waals surface area contributed by atoms with Crippen LogP contribution in [0.5, 0.6) is 0 Å². The maximum Gasteiger partial charge on any atom is 0.415 e. The van der Waals surface area contributed by atoms with Crippen LogP contribution in [0.2, 0.25) is 0 Å². The molecule has 0 aromatic carbocycles. The van der Waals surface area contributed by atoms with Gasteiger partial charge in [0.1, 0.15) is 0 Å². The van der Waals surface area contributed by atoms with E-state index in [1.807, 2.05) is 0 Å². The Morgan fingerprint density at radius 3 is 2.28 bits per heavy atom. The topological polar surface area (TPSA) is 59.2 Å². The molecule has 7 heteroatoms. The number of nitrogens with two attached hydrogens (primary N) is 1. The third-order valence-corrected chi connectivity index (χ3v) is 2.57. The van der Waals surface area contributed by atoms with E-state index in [9.17, 15) is 18.0 Å². The molecule has 1 amide bonds. The largest absolute Gasteiger partial charge is 0.415 e. The lowest BCUT2D eigenvalue weighted by atomic mass is 10.0. The van der Waals surface area contributed by atoms with Crippen LogP contribution in [0.15, 0.2) is 24.5 Å². The van der Waals surface area contributed by atoms with Crippen molar-refractivity contribution >= 4 is 11.6 Å². The van der Waals surface area contributed by atoms with Gasteiger partial charge in [0.2, 0.25) is 0 Å². The quantitative estimate of drug-likeness (QED) is 0.901. The van der Waals surface area contributed by atoms with Crippen molar-refractivity contribution in [3.8, 4) is 0 Å². The number of carbonyl (C=O) groups is 1. The lowest BCUT2D eigenvalue weighted by molar-refractivity contribution is -0.185. The van der Waals surface area contributed by atoms with E-state index in [1.165, 1.54) is 24.5 Å². The molecule has 0 radical (unpaired) electrons. The van der Waals surface area contributed by atoms with Gasteiger partial charge in [-0.1, -0.05) is 0 Å².